The number of rotatable bonds is 57. The maximum Gasteiger partial charge on any atom is 0.305 e. The lowest BCUT2D eigenvalue weighted by Gasteiger charge is -2.40. The van der Waals surface area contributed by atoms with Gasteiger partial charge < -0.3 is 45.1 Å². The molecule has 1 amide bonds. The molecule has 0 aromatic rings. The van der Waals surface area contributed by atoms with Crippen LogP contribution in [0.4, 0.5) is 0 Å². The fourth-order valence-electron chi connectivity index (χ4n) is 10.3. The molecule has 1 aliphatic rings. The first-order valence-electron chi connectivity index (χ1n) is 32.8. The second-order valence-corrected chi connectivity index (χ2v) is 22.8. The molecule has 1 rings (SSSR count). The molecule has 77 heavy (non-hydrogen) atoms. The van der Waals surface area contributed by atoms with Gasteiger partial charge in [-0.1, -0.05) is 275 Å². The SMILES string of the molecule is CCCC/C=C\C/C=C\CCCCCCCC(=O)OCCCCCCCCCCCCCCCCCCCCCCCCCCCCC(=O)NC(COC1OC(CO)C(O)C(O)C1O)C(O)/C=C/CCCCCCCCC. The fourth-order valence-corrected chi connectivity index (χ4v) is 10.3. The molecular weight excluding hydrogens is 967 g/mol. The summed E-state index contributed by atoms with van der Waals surface area (Å²) in [6.45, 7) is 4.29. The van der Waals surface area contributed by atoms with Crippen LogP contribution in [-0.4, -0.2) is 100 Å². The molecule has 1 fully saturated rings. The maximum atomic E-state index is 13.0. The number of aliphatic hydroxyl groups is 5. The standard InChI is InChI=1S/C66H123NO10/c1-3-5-7-9-11-13-14-15-31-34-38-42-46-50-54-62(71)75-55-51-47-43-39-35-32-29-27-25-23-21-19-17-16-18-20-22-24-26-28-30-33-37-41-45-49-53-61(70)67-58(59(69)52-48-44-40-36-12-10-8-6-4-2)57-76-66-65(74)64(73)63(72)60(56-68)77-66/h9,11,14-15,48,52,58-60,63-66,68-69,72-74H,3-8,10,12-13,16-47,49-51,53-57H2,1-2H3,(H,67,70)/b11-9-,15-14-,52-48+. The Morgan fingerprint density at radius 3 is 1.35 bits per heavy atom. The predicted molar refractivity (Wildman–Crippen MR) is 320 cm³/mol. The molecule has 1 aliphatic heterocycles. The number of unbranched alkanes of at least 4 members (excludes halogenated alkanes) is 39. The highest BCUT2D eigenvalue weighted by atomic mass is 16.7. The minimum Gasteiger partial charge on any atom is -0.466 e. The molecule has 0 aromatic heterocycles. The van der Waals surface area contributed by atoms with E-state index < -0.39 is 49.5 Å². The van der Waals surface area contributed by atoms with E-state index in [1.807, 2.05) is 6.08 Å². The van der Waals surface area contributed by atoms with Crippen LogP contribution in [0, 0.1) is 0 Å². The molecule has 11 nitrogen and oxygen atoms in total. The van der Waals surface area contributed by atoms with Gasteiger partial charge in [-0.25, -0.2) is 0 Å². The first-order chi connectivity index (χ1) is 37.7. The van der Waals surface area contributed by atoms with Gasteiger partial charge in [0.15, 0.2) is 6.29 Å². The highest BCUT2D eigenvalue weighted by Crippen LogP contribution is 2.23. The van der Waals surface area contributed by atoms with Crippen molar-refractivity contribution in [2.45, 2.75) is 352 Å². The number of esters is 1. The lowest BCUT2D eigenvalue weighted by molar-refractivity contribution is -0.302. The Hall–Kier alpha value is -2.12. The minimum atomic E-state index is -1.57. The van der Waals surface area contributed by atoms with Crippen LogP contribution in [0.1, 0.15) is 309 Å². The summed E-state index contributed by atoms with van der Waals surface area (Å²) in [7, 11) is 0. The summed E-state index contributed by atoms with van der Waals surface area (Å²) in [5.74, 6) is -0.189. The van der Waals surface area contributed by atoms with Crippen molar-refractivity contribution >= 4 is 11.9 Å². The summed E-state index contributed by atoms with van der Waals surface area (Å²) in [5, 5.41) is 54.3. The van der Waals surface area contributed by atoms with Crippen LogP contribution in [0.15, 0.2) is 36.5 Å². The van der Waals surface area contributed by atoms with E-state index >= 15 is 0 Å². The second-order valence-electron chi connectivity index (χ2n) is 22.8. The van der Waals surface area contributed by atoms with E-state index in [1.54, 1.807) is 6.08 Å². The Balaban J connectivity index is 1.94. The monoisotopic (exact) mass is 1090 g/mol. The number of carbonyl (C=O) groups excluding carboxylic acids is 2. The average molecular weight is 1090 g/mol. The van der Waals surface area contributed by atoms with Crippen molar-refractivity contribution in [3.63, 3.8) is 0 Å². The number of aliphatic hydroxyl groups excluding tert-OH is 5. The quantitative estimate of drug-likeness (QED) is 0.0195. The van der Waals surface area contributed by atoms with Crippen LogP contribution in [-0.2, 0) is 23.8 Å². The number of hydrogen-bond donors (Lipinski definition) is 6. The highest BCUT2D eigenvalue weighted by molar-refractivity contribution is 5.76. The van der Waals surface area contributed by atoms with Gasteiger partial charge in [0.05, 0.1) is 32.0 Å². The van der Waals surface area contributed by atoms with Crippen molar-refractivity contribution in [1.82, 2.24) is 5.32 Å². The smallest absolute Gasteiger partial charge is 0.305 e. The zero-order chi connectivity index (χ0) is 55.9. The molecule has 0 spiro atoms. The van der Waals surface area contributed by atoms with E-state index in [1.165, 1.54) is 218 Å². The fraction of sp³-hybridized carbons (Fsp3) is 0.879. The number of nitrogens with one attached hydrogen (secondary N) is 1. The van der Waals surface area contributed by atoms with Crippen molar-refractivity contribution in [2.75, 3.05) is 19.8 Å². The molecule has 0 aliphatic carbocycles. The van der Waals surface area contributed by atoms with Crippen molar-refractivity contribution in [1.29, 1.82) is 0 Å². The van der Waals surface area contributed by atoms with Crippen molar-refractivity contribution in [2.24, 2.45) is 0 Å². The Morgan fingerprint density at radius 1 is 0.481 bits per heavy atom. The van der Waals surface area contributed by atoms with Crippen LogP contribution >= 0.6 is 0 Å². The number of hydrogen-bond acceptors (Lipinski definition) is 10. The van der Waals surface area contributed by atoms with E-state index in [2.05, 4.69) is 43.5 Å². The Bertz CT molecular complexity index is 1370. The van der Waals surface area contributed by atoms with Crippen LogP contribution in [0.25, 0.3) is 0 Å². The molecule has 0 bridgehead atoms. The third kappa shape index (κ3) is 45.2. The number of carbonyl (C=O) groups is 2. The summed E-state index contributed by atoms with van der Waals surface area (Å²) in [5.41, 5.74) is 0. The van der Waals surface area contributed by atoms with Gasteiger partial charge in [-0.3, -0.25) is 9.59 Å². The molecule has 6 N–H and O–H groups in total. The molecule has 0 aromatic carbocycles. The van der Waals surface area contributed by atoms with E-state index in [4.69, 9.17) is 14.2 Å². The van der Waals surface area contributed by atoms with Gasteiger partial charge in [-0.2, -0.15) is 0 Å². The normalized spacial score (nSPS) is 18.8. The van der Waals surface area contributed by atoms with Crippen LogP contribution in [0.2, 0.25) is 0 Å². The molecule has 7 unspecified atom stereocenters. The van der Waals surface area contributed by atoms with Gasteiger partial charge in [-0.15, -0.1) is 0 Å². The van der Waals surface area contributed by atoms with Gasteiger partial charge >= 0.3 is 5.97 Å². The van der Waals surface area contributed by atoms with Gasteiger partial charge in [0.1, 0.15) is 24.4 Å². The molecule has 1 saturated heterocycles. The molecule has 452 valence electrons. The lowest BCUT2D eigenvalue weighted by Crippen LogP contribution is -2.60. The topological polar surface area (TPSA) is 175 Å². The molecule has 11 heteroatoms. The largest absolute Gasteiger partial charge is 0.466 e. The molecule has 0 saturated carbocycles. The zero-order valence-electron chi connectivity index (χ0n) is 49.9. The van der Waals surface area contributed by atoms with Gasteiger partial charge in [-0.05, 0) is 57.8 Å². The lowest BCUT2D eigenvalue weighted by atomic mass is 9.99. The number of ether oxygens (including phenoxy) is 3. The van der Waals surface area contributed by atoms with Crippen LogP contribution < -0.4 is 5.32 Å². The van der Waals surface area contributed by atoms with Crippen molar-refractivity contribution in [3.8, 4) is 0 Å². The summed E-state index contributed by atoms with van der Waals surface area (Å²) in [6.07, 6.45) is 59.9. The summed E-state index contributed by atoms with van der Waals surface area (Å²) >= 11 is 0. The first-order valence-corrected chi connectivity index (χ1v) is 32.8. The van der Waals surface area contributed by atoms with Crippen LogP contribution in [0.3, 0.4) is 0 Å². The summed E-state index contributed by atoms with van der Waals surface area (Å²) in [6, 6.07) is -0.807. The van der Waals surface area contributed by atoms with Crippen LogP contribution in [0.5, 0.6) is 0 Å². The number of amides is 1. The molecular formula is C66H123NO10. The molecule has 0 radical (unpaired) electrons. The van der Waals surface area contributed by atoms with Gasteiger partial charge in [0.2, 0.25) is 5.91 Å². The highest BCUT2D eigenvalue weighted by Gasteiger charge is 2.44. The first kappa shape index (κ1) is 72.9. The van der Waals surface area contributed by atoms with E-state index in [0.29, 0.717) is 19.4 Å². The Morgan fingerprint density at radius 2 is 0.883 bits per heavy atom. The van der Waals surface area contributed by atoms with E-state index in [9.17, 15) is 35.1 Å². The van der Waals surface area contributed by atoms with Crippen molar-refractivity contribution < 1.29 is 49.3 Å². The molecule has 1 heterocycles. The third-order valence-electron chi connectivity index (χ3n) is 15.5. The maximum absolute atomic E-state index is 13.0. The zero-order valence-corrected chi connectivity index (χ0v) is 49.9. The van der Waals surface area contributed by atoms with E-state index in [0.717, 1.165) is 64.2 Å². The van der Waals surface area contributed by atoms with Crippen molar-refractivity contribution in [3.05, 3.63) is 36.5 Å². The molecule has 7 atom stereocenters. The Kier molecular flexibility index (Phi) is 52.8. The van der Waals surface area contributed by atoms with Gasteiger partial charge in [0.25, 0.3) is 0 Å². The predicted octanol–water partition coefficient (Wildman–Crippen LogP) is 15.8. The van der Waals surface area contributed by atoms with Gasteiger partial charge in [0, 0.05) is 12.8 Å². The third-order valence-corrected chi connectivity index (χ3v) is 15.5. The summed E-state index contributed by atoms with van der Waals surface area (Å²) in [4.78, 5) is 25.1. The Labute approximate surface area is 473 Å². The number of allylic oxidation sites excluding steroid dienone is 5. The minimum absolute atomic E-state index is 0.00751. The average Bonchev–Trinajstić information content (AvgIpc) is 3.43. The second kappa shape index (κ2) is 55.8. The van der Waals surface area contributed by atoms with E-state index in [-0.39, 0.29) is 18.5 Å². The summed E-state index contributed by atoms with van der Waals surface area (Å²) < 4.78 is 16.7.